The van der Waals surface area contributed by atoms with Crippen molar-refractivity contribution < 1.29 is 165 Å². The number of nitrogens with one attached hydrogen (secondary N) is 1. The summed E-state index contributed by atoms with van der Waals surface area (Å²) in [5.74, 6) is 2.03. The van der Waals surface area contributed by atoms with E-state index in [9.17, 15) is 18.8 Å². The van der Waals surface area contributed by atoms with Crippen LogP contribution in [0.3, 0.4) is 0 Å². The molecule has 0 aliphatic heterocycles. The molecule has 3 aromatic carbocycles. The standard InChI is InChI=1S/C21H27N5O3.C16H15ClN4O3.C10H11BrO3.C7H6ClN3.C5H13N.CH2F.CH2O3.2K/c1-4-5-6-10-23-19-18-16(24-21(22)25-19)9-11-26(18)13-15-8-7-14(20(27)29-3)12-17(15)28-2;1-23-12-7-9(15(22)24-2)3-4-10(12)8-21-6-5-11-13(21)14(17)20-16(18)19-11;1-13-9-5-7(10(12)14-2)3-4-8(9)6-11;8-6-4-2-1-3-5(4)10-7(9)11-6;1-2-3-4-5-6;1-2;2-1-4-3;;/h7-9,11-12H,4-6,10,13H2,1-3H3,(H3,22,23,24,25);3-7H,8H2,1-2H3,(H2,18,19,20);3-5H,6H2,1-2H3;1,3H,2H2,(H2,9,10,11);2-6H2,1H3;1H2;1,3H;;/q;;;;;-1;;2*+1/i/hD. The van der Waals surface area contributed by atoms with Crippen LogP contribution in [0.2, 0.25) is 10.3 Å². The van der Waals surface area contributed by atoms with Crippen LogP contribution in [0, 0.1) is 7.18 Å². The zero-order valence-corrected chi connectivity index (χ0v) is 62.6. The summed E-state index contributed by atoms with van der Waals surface area (Å²) in [6.45, 7) is 7.05. The van der Waals surface area contributed by atoms with Gasteiger partial charge in [0.05, 0.1) is 89.2 Å². The molecule has 10 N–H and O–H groups in total. The molecule has 1 aliphatic rings. The number of methoxy groups -OCH3 is 6. The number of carbonyl (C=O) groups excluding carboxylic acids is 4. The van der Waals surface area contributed by atoms with Gasteiger partial charge in [0.25, 0.3) is 1.43 Å². The van der Waals surface area contributed by atoms with E-state index in [0.717, 1.165) is 83.6 Å². The summed E-state index contributed by atoms with van der Waals surface area (Å²) < 4.78 is 49.0. The summed E-state index contributed by atoms with van der Waals surface area (Å²) in [6.07, 6.45) is 15.6. The van der Waals surface area contributed by atoms with Crippen LogP contribution in [0.15, 0.2) is 85.2 Å². The zero-order valence-electron chi connectivity index (χ0n) is 54.2. The van der Waals surface area contributed by atoms with Crippen LogP contribution in [0.25, 0.3) is 29.6 Å². The summed E-state index contributed by atoms with van der Waals surface area (Å²) in [5, 5.41) is 7.91. The Bertz CT molecular complexity index is 3650. The van der Waals surface area contributed by atoms with Gasteiger partial charge in [-0.05, 0) is 80.4 Å². The third kappa shape index (κ3) is 26.3. The number of hydrogen-bond donors (Lipinski definition) is 6. The Hall–Kier alpha value is -5.62. The number of allylic oxidation sites excluding steroid dienone is 1. The van der Waals surface area contributed by atoms with Crippen molar-refractivity contribution in [3.8, 4) is 17.2 Å². The molecule has 0 saturated heterocycles. The summed E-state index contributed by atoms with van der Waals surface area (Å²) >= 11 is 15.3. The number of ether oxygens (including phenoxy) is 6. The van der Waals surface area contributed by atoms with Gasteiger partial charge in [-0.3, -0.25) is 4.79 Å². The van der Waals surface area contributed by atoms with E-state index in [1.165, 1.54) is 40.6 Å². The van der Waals surface area contributed by atoms with Gasteiger partial charge in [0, 0.05) is 46.5 Å². The van der Waals surface area contributed by atoms with Crippen molar-refractivity contribution in [1.82, 2.24) is 39.0 Å². The number of aromatic nitrogens is 8. The van der Waals surface area contributed by atoms with Crippen molar-refractivity contribution in [3.05, 3.63) is 147 Å². The topological polar surface area (TPSA) is 356 Å². The van der Waals surface area contributed by atoms with Gasteiger partial charge in [0.1, 0.15) is 33.4 Å². The van der Waals surface area contributed by atoms with E-state index in [0.29, 0.717) is 68.5 Å². The van der Waals surface area contributed by atoms with Crippen molar-refractivity contribution in [3.63, 3.8) is 0 Å². The van der Waals surface area contributed by atoms with Gasteiger partial charge < -0.3 is 75.1 Å². The first-order valence-electron chi connectivity index (χ1n) is 28.0. The van der Waals surface area contributed by atoms with Gasteiger partial charge in [-0.1, -0.05) is 103 Å². The van der Waals surface area contributed by atoms with Crippen LogP contribution in [0.1, 0.15) is 111 Å². The number of halogens is 4. The van der Waals surface area contributed by atoms with Crippen molar-refractivity contribution in [2.45, 2.75) is 77.2 Å². The molecule has 0 fully saturated rings. The molecule has 92 heavy (non-hydrogen) atoms. The Labute approximate surface area is 638 Å². The van der Waals surface area contributed by atoms with E-state index in [4.69, 9.17) is 76.0 Å². The molecule has 0 amide bonds. The summed E-state index contributed by atoms with van der Waals surface area (Å²) in [5.41, 5.74) is 31.1. The average Bonchev–Trinajstić information content (AvgIpc) is 1.73. The number of nitrogen functional groups attached to an aromatic ring is 3. The Morgan fingerprint density at radius 3 is 1.54 bits per heavy atom. The normalized spacial score (nSPS) is 10.3. The van der Waals surface area contributed by atoms with E-state index in [2.05, 4.69) is 79.9 Å². The van der Waals surface area contributed by atoms with Gasteiger partial charge in [0.15, 0.2) is 11.0 Å². The first kappa shape index (κ1) is 82.5. The monoisotopic (exact) mass is 1430 g/mol. The second-order valence-corrected chi connectivity index (χ2v) is 19.8. The third-order valence-corrected chi connectivity index (χ3v) is 13.9. The molecule has 5 aromatic heterocycles. The molecule has 0 radical (unpaired) electrons. The number of esters is 3. The largest absolute Gasteiger partial charge is 1.00 e. The van der Waals surface area contributed by atoms with Crippen LogP contribution >= 0.6 is 39.1 Å². The number of anilines is 4. The summed E-state index contributed by atoms with van der Waals surface area (Å²) in [4.78, 5) is 71.6. The molecular formula is C61H76BrCl2FK2N13O12+. The van der Waals surface area contributed by atoms with E-state index in [1.54, 1.807) is 64.9 Å². The van der Waals surface area contributed by atoms with Crippen LogP contribution in [-0.2, 0) is 48.7 Å². The first-order chi connectivity index (χ1) is 43.9. The number of fused-ring (bicyclic) bond motifs is 3. The number of alkyl halides is 1. The minimum absolute atomic E-state index is 0. The fraction of sp³-hybridized carbons (Fsp3) is 0.328. The molecule has 25 nitrogen and oxygen atoms in total. The number of hydrogen-bond acceptors (Lipinski definition) is 23. The minimum atomic E-state index is -0.418. The van der Waals surface area contributed by atoms with Gasteiger partial charge in [0.2, 0.25) is 17.8 Å². The SMILES string of the molecule is CCCCCN.CCCCCNc1nc(N)nc2ccn(Cc3ccc(C(=O)OC)cc3OC)c12.COC(=O)c1ccc(CBr)c(OC)c1.COC(=O)c1ccc(Cn2ccc3nc(N)nc(Cl)c32)c(OC)c1.Nc1nc(Cl)c2c(n1)C=CC2.[2H]OOC=O.[CH2-]F.[K+].[K+]. The molecule has 5 heterocycles. The summed E-state index contributed by atoms with van der Waals surface area (Å²) in [7, 11) is 10.5. The molecule has 31 heteroatoms. The smallest absolute Gasteiger partial charge is 0.496 e. The van der Waals surface area contributed by atoms with Crippen LogP contribution in [0.5, 0.6) is 17.2 Å². The number of unbranched alkanes of at least 4 members (excludes halogenated alkanes) is 4. The van der Waals surface area contributed by atoms with Gasteiger partial charge >= 0.3 is 127 Å². The Kier molecular flexibility index (Phi) is 41.7. The van der Waals surface area contributed by atoms with E-state index >= 15 is 0 Å². The Morgan fingerprint density at radius 2 is 1.11 bits per heavy atom. The molecule has 0 bridgehead atoms. The van der Waals surface area contributed by atoms with Gasteiger partial charge in [-0.25, -0.2) is 39.6 Å². The zero-order chi connectivity index (χ0) is 67.4. The fourth-order valence-corrected chi connectivity index (χ4v) is 9.39. The molecule has 1 aliphatic carbocycles. The number of carbonyl (C=O) groups is 4. The minimum Gasteiger partial charge on any atom is -0.496 e. The quantitative estimate of drug-likeness (QED) is 0.00517. The van der Waals surface area contributed by atoms with Crippen LogP contribution in [0.4, 0.5) is 28.1 Å². The van der Waals surface area contributed by atoms with E-state index in [1.807, 2.05) is 64.0 Å². The van der Waals surface area contributed by atoms with E-state index in [-0.39, 0.29) is 138 Å². The molecule has 486 valence electrons. The molecule has 8 aromatic rings. The predicted octanol–water partition coefficient (Wildman–Crippen LogP) is 5.15. The predicted molar refractivity (Wildman–Crippen MR) is 350 cm³/mol. The van der Waals surface area contributed by atoms with Crippen molar-refractivity contribution in [2.24, 2.45) is 5.73 Å². The van der Waals surface area contributed by atoms with Crippen molar-refractivity contribution >= 4 is 115 Å². The number of nitrogens with two attached hydrogens (primary N) is 4. The fourth-order valence-electron chi connectivity index (χ4n) is 8.38. The van der Waals surface area contributed by atoms with Crippen LogP contribution in [-0.4, -0.2) is 124 Å². The maximum atomic E-state index is 11.8. The second kappa shape index (κ2) is 46.5. The number of benzene rings is 3. The van der Waals surface area contributed by atoms with Crippen molar-refractivity contribution in [1.29, 1.82) is 1.43 Å². The number of rotatable bonds is 21. The Morgan fingerprint density at radius 1 is 0.663 bits per heavy atom. The molecule has 0 spiro atoms. The summed E-state index contributed by atoms with van der Waals surface area (Å²) in [6, 6.07) is 19.4. The van der Waals surface area contributed by atoms with Gasteiger partial charge in [-0.2, -0.15) is 17.1 Å². The molecule has 9 rings (SSSR count). The first-order valence-corrected chi connectivity index (χ1v) is 29.4. The molecule has 0 saturated carbocycles. The van der Waals surface area contributed by atoms with Crippen LogP contribution < -0.4 is 145 Å². The Balaban J connectivity index is 0.000000604. The van der Waals surface area contributed by atoms with Crippen molar-refractivity contribution in [2.75, 3.05) is 78.3 Å². The maximum absolute atomic E-state index is 11.8. The molecule has 0 atom stereocenters. The van der Waals surface area contributed by atoms with Gasteiger partial charge in [-0.15, -0.1) is 0 Å². The second-order valence-electron chi connectivity index (χ2n) is 18.5. The molecule has 0 unspecified atom stereocenters. The average molecular weight is 1430 g/mol. The van der Waals surface area contributed by atoms with E-state index < -0.39 is 11.9 Å². The molecular weight excluding hydrogens is 1350 g/mol. The third-order valence-electron chi connectivity index (χ3n) is 12.7. The maximum Gasteiger partial charge on any atom is 1.00 e. The number of nitrogens with zero attached hydrogens (tertiary/aromatic N) is 8.